The maximum atomic E-state index is 7.33. The minimum absolute atomic E-state index is 0.269. The first-order valence-electron chi connectivity index (χ1n) is 15.7. The lowest BCUT2D eigenvalue weighted by atomic mass is 10.0. The molecule has 11 heteroatoms. The molecule has 0 heterocycles. The third-order valence-corrected chi connectivity index (χ3v) is 24.2. The Labute approximate surface area is 285 Å². The summed E-state index contributed by atoms with van der Waals surface area (Å²) in [6.07, 6.45) is 5.95. The Balaban J connectivity index is 3.51. The molecule has 46 heavy (non-hydrogen) atoms. The molecule has 1 rings (SSSR count). The van der Waals surface area contributed by atoms with E-state index in [4.69, 9.17) is 28.6 Å². The van der Waals surface area contributed by atoms with Gasteiger partial charge in [-0.15, -0.1) is 6.42 Å². The van der Waals surface area contributed by atoms with Crippen molar-refractivity contribution in [3.8, 4) is 71.2 Å². The van der Waals surface area contributed by atoms with Crippen molar-refractivity contribution in [2.75, 3.05) is 19.6 Å². The Morgan fingerprint density at radius 2 is 1.24 bits per heavy atom. The van der Waals surface area contributed by atoms with Crippen molar-refractivity contribution in [2.24, 2.45) is 5.73 Å². The van der Waals surface area contributed by atoms with Crippen LogP contribution in [-0.2, 0) is 16.5 Å². The zero-order chi connectivity index (χ0) is 34.7. The molecule has 0 radical (unpaired) electrons. The summed E-state index contributed by atoms with van der Waals surface area (Å²) in [6.45, 7) is 23.9. The molecule has 1 aromatic carbocycles. The summed E-state index contributed by atoms with van der Waals surface area (Å²) in [5.74, 6) is 26.3. The van der Waals surface area contributed by atoms with Gasteiger partial charge in [-0.1, -0.05) is 42.8 Å². The molecule has 0 aliphatic heterocycles. The van der Waals surface area contributed by atoms with E-state index in [1.807, 2.05) is 12.6 Å². The van der Waals surface area contributed by atoms with E-state index in [-0.39, 0.29) is 5.92 Å². The van der Waals surface area contributed by atoms with E-state index in [0.29, 0.717) is 6.54 Å². The normalized spacial score (nSPS) is 15.3. The number of benzene rings is 1. The van der Waals surface area contributed by atoms with Crippen molar-refractivity contribution >= 4 is 42.3 Å². The first-order valence-corrected chi connectivity index (χ1v) is 29.9. The minimum atomic E-state index is -3.09. The molecule has 0 amide bonds. The Morgan fingerprint density at radius 1 is 0.696 bits per heavy atom. The number of rotatable bonds is 17. The molecule has 0 aliphatic rings. The van der Waals surface area contributed by atoms with Gasteiger partial charge < -0.3 is 27.5 Å². The second-order valence-corrected chi connectivity index (χ2v) is 32.7. The molecule has 6 nitrogen and oxygen atoms in total. The van der Waals surface area contributed by atoms with Crippen LogP contribution in [0.4, 0.5) is 0 Å². The second-order valence-electron chi connectivity index (χ2n) is 13.4. The van der Waals surface area contributed by atoms with Crippen LogP contribution in [-0.4, -0.2) is 62.0 Å². The van der Waals surface area contributed by atoms with Crippen molar-refractivity contribution in [1.82, 2.24) is 5.32 Å². The summed E-state index contributed by atoms with van der Waals surface area (Å²) in [4.78, 5) is 0. The van der Waals surface area contributed by atoms with Gasteiger partial charge in [0.1, 0.15) is 0 Å². The van der Waals surface area contributed by atoms with Crippen LogP contribution in [0.25, 0.3) is 0 Å². The highest BCUT2D eigenvalue weighted by atomic mass is 28.5. The predicted octanol–water partition coefficient (Wildman–Crippen LogP) is 5.87. The van der Waals surface area contributed by atoms with Gasteiger partial charge in [-0.3, -0.25) is 0 Å². The van der Waals surface area contributed by atoms with E-state index >= 15 is 0 Å². The quantitative estimate of drug-likeness (QED) is 0.120. The average Bonchev–Trinajstić information content (AvgIpc) is 2.92. The summed E-state index contributed by atoms with van der Waals surface area (Å²) in [5, 5.41) is 3.41. The largest absolute Gasteiger partial charge is 0.437 e. The fraction of sp³-hybridized carbons (Fsp3) is 0.486. The predicted molar refractivity (Wildman–Crippen MR) is 205 cm³/mol. The van der Waals surface area contributed by atoms with Crippen molar-refractivity contribution in [1.29, 1.82) is 0 Å². The topological polar surface area (TPSA) is 75.0 Å². The number of nitrogens with two attached hydrogens (primary N) is 1. The average molecular weight is 705 g/mol. The highest BCUT2D eigenvalue weighted by molar-refractivity contribution is 6.93. The molecule has 0 saturated heterocycles. The van der Waals surface area contributed by atoms with Crippen LogP contribution >= 0.6 is 0 Å². The van der Waals surface area contributed by atoms with Crippen LogP contribution in [0.15, 0.2) is 30.3 Å². The first-order chi connectivity index (χ1) is 21.4. The number of terminal acetylenes is 1. The highest BCUT2D eigenvalue weighted by Crippen LogP contribution is 2.35. The SMILES string of the molecule is C#CC#CC#CC#CC#CC#C[Si](C)(O[Si](C)(C)C)O[Si](C)(CCCNCCN)O[Si](C)(CC(C)c1ccccc1)O[Si](C)(C)C. The van der Waals surface area contributed by atoms with E-state index in [2.05, 4.69) is 154 Å². The van der Waals surface area contributed by atoms with E-state index in [1.165, 1.54) is 5.56 Å². The van der Waals surface area contributed by atoms with Gasteiger partial charge >= 0.3 is 25.7 Å². The molecule has 0 spiro atoms. The number of nitrogens with one attached hydrogen (secondary N) is 1. The van der Waals surface area contributed by atoms with E-state index in [0.717, 1.165) is 31.6 Å². The van der Waals surface area contributed by atoms with Crippen LogP contribution in [0.2, 0.25) is 71.0 Å². The molecule has 0 saturated carbocycles. The molecule has 4 atom stereocenters. The number of hydrogen-bond donors (Lipinski definition) is 2. The van der Waals surface area contributed by atoms with Gasteiger partial charge in [0.2, 0.25) is 0 Å². The maximum Gasteiger partial charge on any atom is 0.402 e. The van der Waals surface area contributed by atoms with Gasteiger partial charge in [0.05, 0.1) is 0 Å². The maximum absolute atomic E-state index is 7.33. The van der Waals surface area contributed by atoms with Crippen LogP contribution in [0, 0.1) is 71.2 Å². The van der Waals surface area contributed by atoms with Crippen molar-refractivity contribution in [3.05, 3.63) is 35.9 Å². The third kappa shape index (κ3) is 19.2. The van der Waals surface area contributed by atoms with Crippen molar-refractivity contribution < 1.29 is 16.5 Å². The summed E-state index contributed by atoms with van der Waals surface area (Å²) in [7, 11) is -12.8. The third-order valence-electron chi connectivity index (χ3n) is 6.08. The molecule has 0 aromatic heterocycles. The van der Waals surface area contributed by atoms with Crippen LogP contribution in [0.3, 0.4) is 0 Å². The van der Waals surface area contributed by atoms with Gasteiger partial charge in [-0.25, -0.2) is 0 Å². The van der Waals surface area contributed by atoms with Gasteiger partial charge in [0.15, 0.2) is 16.6 Å². The van der Waals surface area contributed by atoms with Crippen LogP contribution in [0.5, 0.6) is 0 Å². The first kappa shape index (κ1) is 41.4. The van der Waals surface area contributed by atoms with Gasteiger partial charge in [-0.2, -0.15) is 0 Å². The molecule has 0 bridgehead atoms. The summed E-state index contributed by atoms with van der Waals surface area (Å²) >= 11 is 0. The smallest absolute Gasteiger partial charge is 0.402 e. The van der Waals surface area contributed by atoms with E-state index in [1.54, 1.807) is 0 Å². The minimum Gasteiger partial charge on any atom is -0.437 e. The lowest BCUT2D eigenvalue weighted by molar-refractivity contribution is 0.290. The molecule has 246 valence electrons. The van der Waals surface area contributed by atoms with Crippen molar-refractivity contribution in [3.63, 3.8) is 0 Å². The summed E-state index contributed by atoms with van der Waals surface area (Å²) in [6, 6.07) is 12.2. The lowest BCUT2D eigenvalue weighted by Crippen LogP contribution is -2.61. The molecule has 0 fully saturated rings. The molecule has 1 aromatic rings. The number of hydrogen-bond acceptors (Lipinski definition) is 6. The Morgan fingerprint density at radius 3 is 1.76 bits per heavy atom. The Kier molecular flexibility index (Phi) is 18.0. The zero-order valence-electron chi connectivity index (χ0n) is 29.5. The van der Waals surface area contributed by atoms with Gasteiger partial charge in [-0.05, 0) is 155 Å². The van der Waals surface area contributed by atoms with Gasteiger partial charge in [0.25, 0.3) is 0 Å². The van der Waals surface area contributed by atoms with Crippen LogP contribution in [0.1, 0.15) is 24.8 Å². The van der Waals surface area contributed by atoms with Gasteiger partial charge in [0, 0.05) is 13.1 Å². The standard InChI is InChI=1S/C35H52N2O4Si5/c1-12-13-14-15-16-17-18-19-20-24-31-44(9,38-42(3,4)5)40-45(10,32-25-29-37-30-28-36)41-46(11,39-43(6,7)8)33-34(2)35-26-22-21-23-27-35/h1,21-23,26-27,34,37H,25,28-30,32-33,36H2,2-11H3. The molecular formula is C35H52N2O4Si5. The highest BCUT2D eigenvalue weighted by Gasteiger charge is 2.50. The van der Waals surface area contributed by atoms with Crippen molar-refractivity contribution in [2.45, 2.75) is 90.3 Å². The molecule has 0 aliphatic carbocycles. The fourth-order valence-electron chi connectivity index (χ4n) is 5.02. The second kappa shape index (κ2) is 19.9. The molecule has 3 N–H and O–H groups in total. The summed E-state index contributed by atoms with van der Waals surface area (Å²) in [5.41, 5.74) is 10.3. The lowest BCUT2D eigenvalue weighted by Gasteiger charge is -2.44. The molecular weight excluding hydrogens is 653 g/mol. The fourth-order valence-corrected chi connectivity index (χ4v) is 27.8. The summed E-state index contributed by atoms with van der Waals surface area (Å²) < 4.78 is 28.2. The Bertz CT molecular complexity index is 1480. The Hall–Kier alpha value is -2.58. The van der Waals surface area contributed by atoms with E-state index < -0.39 is 42.3 Å². The van der Waals surface area contributed by atoms with E-state index in [9.17, 15) is 0 Å². The molecule has 4 unspecified atom stereocenters. The van der Waals surface area contributed by atoms with Crippen LogP contribution < -0.4 is 11.1 Å². The zero-order valence-corrected chi connectivity index (χ0v) is 34.5. The monoisotopic (exact) mass is 704 g/mol.